The Bertz CT molecular complexity index is 451. The topological polar surface area (TPSA) is 55.6 Å². The highest BCUT2D eigenvalue weighted by molar-refractivity contribution is 9.10. The van der Waals surface area contributed by atoms with E-state index in [1.807, 2.05) is 18.2 Å². The summed E-state index contributed by atoms with van der Waals surface area (Å²) in [6, 6.07) is 5.34. The van der Waals surface area contributed by atoms with E-state index in [0.29, 0.717) is 6.54 Å². The minimum atomic E-state index is -0.418. The van der Waals surface area contributed by atoms with Gasteiger partial charge in [0, 0.05) is 23.6 Å². The van der Waals surface area contributed by atoms with E-state index in [0.717, 1.165) is 35.0 Å². The van der Waals surface area contributed by atoms with Crippen molar-refractivity contribution in [1.29, 1.82) is 0 Å². The molecule has 0 radical (unpaired) electrons. The first kappa shape index (κ1) is 17.0. The lowest BCUT2D eigenvalue weighted by atomic mass is 10.1. The third kappa shape index (κ3) is 4.80. The highest BCUT2D eigenvalue weighted by Gasteiger charge is 2.18. The van der Waals surface area contributed by atoms with Crippen LogP contribution >= 0.6 is 15.9 Å². The molecular formula is C15H23BrN2O2. The molecule has 20 heavy (non-hydrogen) atoms. The number of unbranched alkanes of at least 4 members (excludes halogenated alkanes) is 1. The number of benzene rings is 1. The van der Waals surface area contributed by atoms with E-state index in [2.05, 4.69) is 22.9 Å². The fourth-order valence-electron chi connectivity index (χ4n) is 2.03. The Morgan fingerprint density at radius 3 is 2.80 bits per heavy atom. The second-order valence-corrected chi connectivity index (χ2v) is 5.81. The Kier molecular flexibility index (Phi) is 7.02. The molecule has 0 saturated carbocycles. The van der Waals surface area contributed by atoms with Crippen molar-refractivity contribution in [3.63, 3.8) is 0 Å². The Morgan fingerprint density at radius 2 is 2.20 bits per heavy atom. The summed E-state index contributed by atoms with van der Waals surface area (Å²) in [5.74, 6) is 0.746. The standard InChI is InChI=1S/C15H23BrN2O2/c1-4-5-6-13(17)15(19)18(2)10-11-9-12(16)7-8-14(11)20-3/h7-9,13H,4-6,10,17H2,1-3H3/t13-/m0/s1. The number of rotatable bonds is 7. The summed E-state index contributed by atoms with van der Waals surface area (Å²) in [4.78, 5) is 13.8. The molecule has 5 heteroatoms. The van der Waals surface area contributed by atoms with Crippen LogP contribution in [-0.4, -0.2) is 31.0 Å². The van der Waals surface area contributed by atoms with E-state index in [-0.39, 0.29) is 5.91 Å². The fourth-order valence-corrected chi connectivity index (χ4v) is 2.44. The number of ether oxygens (including phenoxy) is 1. The van der Waals surface area contributed by atoms with Crippen molar-refractivity contribution in [2.45, 2.75) is 38.8 Å². The van der Waals surface area contributed by atoms with Crippen LogP contribution in [0.5, 0.6) is 5.75 Å². The van der Waals surface area contributed by atoms with Gasteiger partial charge in [-0.1, -0.05) is 35.7 Å². The first-order valence-electron chi connectivity index (χ1n) is 6.82. The van der Waals surface area contributed by atoms with Gasteiger partial charge in [-0.25, -0.2) is 0 Å². The second kappa shape index (κ2) is 8.27. The van der Waals surface area contributed by atoms with Crippen LogP contribution in [0.4, 0.5) is 0 Å². The van der Waals surface area contributed by atoms with Gasteiger partial charge in [-0.2, -0.15) is 0 Å². The molecule has 0 fully saturated rings. The summed E-state index contributed by atoms with van der Waals surface area (Å²) in [7, 11) is 3.40. The van der Waals surface area contributed by atoms with E-state index >= 15 is 0 Å². The number of amides is 1. The number of halogens is 1. The number of hydrogen-bond donors (Lipinski definition) is 1. The van der Waals surface area contributed by atoms with Gasteiger partial charge < -0.3 is 15.4 Å². The highest BCUT2D eigenvalue weighted by Crippen LogP contribution is 2.24. The van der Waals surface area contributed by atoms with Crippen LogP contribution in [0.1, 0.15) is 31.7 Å². The smallest absolute Gasteiger partial charge is 0.239 e. The first-order chi connectivity index (χ1) is 9.49. The molecule has 0 heterocycles. The second-order valence-electron chi connectivity index (χ2n) is 4.90. The maximum Gasteiger partial charge on any atom is 0.239 e. The summed E-state index contributed by atoms with van der Waals surface area (Å²) in [6.45, 7) is 2.58. The van der Waals surface area contributed by atoms with Gasteiger partial charge in [0.15, 0.2) is 0 Å². The molecule has 4 nitrogen and oxygen atoms in total. The minimum Gasteiger partial charge on any atom is -0.496 e. The van der Waals surface area contributed by atoms with Gasteiger partial charge in [0.05, 0.1) is 13.2 Å². The maximum atomic E-state index is 12.2. The molecule has 0 unspecified atom stereocenters. The Hall–Kier alpha value is -1.07. The predicted octanol–water partition coefficient (Wildman–Crippen LogP) is 2.93. The SMILES string of the molecule is CCCC[C@H](N)C(=O)N(C)Cc1cc(Br)ccc1OC. The number of hydrogen-bond acceptors (Lipinski definition) is 3. The molecule has 1 atom stereocenters. The zero-order valence-corrected chi connectivity index (χ0v) is 13.9. The van der Waals surface area contributed by atoms with Crippen molar-refractivity contribution in [2.75, 3.05) is 14.2 Å². The van der Waals surface area contributed by atoms with Crippen molar-refractivity contribution in [1.82, 2.24) is 4.90 Å². The number of carbonyl (C=O) groups is 1. The summed E-state index contributed by atoms with van der Waals surface area (Å²) in [6.07, 6.45) is 2.75. The monoisotopic (exact) mass is 342 g/mol. The summed E-state index contributed by atoms with van der Waals surface area (Å²) in [5, 5.41) is 0. The number of likely N-dealkylation sites (N-methyl/N-ethyl adjacent to an activating group) is 1. The number of methoxy groups -OCH3 is 1. The highest BCUT2D eigenvalue weighted by atomic mass is 79.9. The molecule has 0 aliphatic carbocycles. The van der Waals surface area contributed by atoms with Gasteiger partial charge >= 0.3 is 0 Å². The van der Waals surface area contributed by atoms with Crippen LogP contribution in [0.3, 0.4) is 0 Å². The van der Waals surface area contributed by atoms with Crippen LogP contribution in [0.2, 0.25) is 0 Å². The van der Waals surface area contributed by atoms with E-state index < -0.39 is 6.04 Å². The molecule has 0 spiro atoms. The van der Waals surface area contributed by atoms with Gasteiger partial charge in [-0.15, -0.1) is 0 Å². The lowest BCUT2D eigenvalue weighted by molar-refractivity contribution is -0.132. The molecule has 2 N–H and O–H groups in total. The maximum absolute atomic E-state index is 12.2. The molecule has 112 valence electrons. The Morgan fingerprint density at radius 1 is 1.50 bits per heavy atom. The molecular weight excluding hydrogens is 320 g/mol. The zero-order chi connectivity index (χ0) is 15.1. The molecule has 0 bridgehead atoms. The molecule has 1 aromatic rings. The van der Waals surface area contributed by atoms with Crippen molar-refractivity contribution in [3.8, 4) is 5.75 Å². The first-order valence-corrected chi connectivity index (χ1v) is 7.61. The van der Waals surface area contributed by atoms with Crippen molar-refractivity contribution >= 4 is 21.8 Å². The van der Waals surface area contributed by atoms with E-state index in [1.165, 1.54) is 0 Å². The predicted molar refractivity (Wildman–Crippen MR) is 84.7 cm³/mol. The van der Waals surface area contributed by atoms with E-state index in [4.69, 9.17) is 10.5 Å². The average molecular weight is 343 g/mol. The van der Waals surface area contributed by atoms with Gasteiger partial charge in [-0.05, 0) is 24.6 Å². The van der Waals surface area contributed by atoms with Crippen LogP contribution in [0.25, 0.3) is 0 Å². The molecule has 0 aliphatic heterocycles. The van der Waals surface area contributed by atoms with Gasteiger partial charge in [0.2, 0.25) is 5.91 Å². The molecule has 0 saturated heterocycles. The largest absolute Gasteiger partial charge is 0.496 e. The third-order valence-corrected chi connectivity index (χ3v) is 3.71. The number of carbonyl (C=O) groups excluding carboxylic acids is 1. The molecule has 1 amide bonds. The summed E-state index contributed by atoms with van der Waals surface area (Å²) < 4.78 is 6.28. The van der Waals surface area contributed by atoms with Crippen LogP contribution in [0.15, 0.2) is 22.7 Å². The average Bonchev–Trinajstić information content (AvgIpc) is 2.44. The quantitative estimate of drug-likeness (QED) is 0.828. The Labute approximate surface area is 129 Å². The minimum absolute atomic E-state index is 0.0273. The van der Waals surface area contributed by atoms with Gasteiger partial charge in [-0.3, -0.25) is 4.79 Å². The van der Waals surface area contributed by atoms with Crippen LogP contribution in [0, 0.1) is 0 Å². The number of nitrogens with zero attached hydrogens (tertiary/aromatic N) is 1. The molecule has 1 rings (SSSR count). The van der Waals surface area contributed by atoms with E-state index in [9.17, 15) is 4.79 Å². The van der Waals surface area contributed by atoms with Crippen molar-refractivity contribution < 1.29 is 9.53 Å². The normalized spacial score (nSPS) is 12.1. The summed E-state index contributed by atoms with van der Waals surface area (Å²) in [5.41, 5.74) is 6.89. The van der Waals surface area contributed by atoms with Crippen LogP contribution < -0.4 is 10.5 Å². The molecule has 0 aromatic heterocycles. The van der Waals surface area contributed by atoms with Crippen molar-refractivity contribution in [2.24, 2.45) is 5.73 Å². The Balaban J connectivity index is 2.72. The molecule has 0 aliphatic rings. The van der Waals surface area contributed by atoms with Gasteiger partial charge in [0.25, 0.3) is 0 Å². The lowest BCUT2D eigenvalue weighted by Crippen LogP contribution is -2.41. The lowest BCUT2D eigenvalue weighted by Gasteiger charge is -2.22. The molecule has 1 aromatic carbocycles. The summed E-state index contributed by atoms with van der Waals surface area (Å²) >= 11 is 3.43. The van der Waals surface area contributed by atoms with E-state index in [1.54, 1.807) is 19.1 Å². The number of nitrogens with two attached hydrogens (primary N) is 1. The fraction of sp³-hybridized carbons (Fsp3) is 0.533. The van der Waals surface area contributed by atoms with Crippen molar-refractivity contribution in [3.05, 3.63) is 28.2 Å². The third-order valence-electron chi connectivity index (χ3n) is 3.21. The van der Waals surface area contributed by atoms with Crippen LogP contribution in [-0.2, 0) is 11.3 Å². The zero-order valence-electron chi connectivity index (χ0n) is 12.4. The van der Waals surface area contributed by atoms with Gasteiger partial charge in [0.1, 0.15) is 5.75 Å².